The lowest BCUT2D eigenvalue weighted by molar-refractivity contribution is 0.262. The van der Waals surface area contributed by atoms with Gasteiger partial charge < -0.3 is 5.32 Å². The summed E-state index contributed by atoms with van der Waals surface area (Å²) < 4.78 is 1.43. The Morgan fingerprint density at radius 2 is 1.97 bits per heavy atom. The van der Waals surface area contributed by atoms with Crippen molar-refractivity contribution in [1.82, 2.24) is 19.7 Å². The number of aryl methyl sites for hydroxylation is 1. The Kier molecular flexibility index (Phi) is 5.74. The summed E-state index contributed by atoms with van der Waals surface area (Å²) in [5.41, 5.74) is 1.37. The van der Waals surface area contributed by atoms with Gasteiger partial charge in [-0.1, -0.05) is 45.4 Å². The van der Waals surface area contributed by atoms with Crippen molar-refractivity contribution in [2.75, 3.05) is 10.6 Å². The first-order valence-corrected chi connectivity index (χ1v) is 9.58. The number of amides is 2. The number of nitrogens with zero attached hydrogens (tertiary/aromatic N) is 3. The Bertz CT molecular complexity index is 1100. The quantitative estimate of drug-likeness (QED) is 0.597. The van der Waals surface area contributed by atoms with Crippen molar-refractivity contribution in [3.05, 3.63) is 63.2 Å². The minimum Gasteiger partial charge on any atom is -0.308 e. The molecule has 152 valence electrons. The maximum atomic E-state index is 12.5. The van der Waals surface area contributed by atoms with Crippen LogP contribution >= 0.6 is 11.6 Å². The number of halogens is 1. The van der Waals surface area contributed by atoms with Crippen LogP contribution in [0, 0.1) is 0 Å². The highest BCUT2D eigenvalue weighted by Crippen LogP contribution is 2.25. The standard InChI is InChI=1S/C20H23ClN6O2/c1-5-13-10-17(28)25-18(22-13)27-16(11-15(26-27)20(2,3)4)24-19(29)23-14-8-6-7-12(21)9-14/h6-11H,5H2,1-4H3,(H,22,25,28)(H2,23,24,29). The number of hydrogen-bond donors (Lipinski definition) is 3. The first kappa shape index (κ1) is 20.6. The van der Waals surface area contributed by atoms with E-state index in [1.54, 1.807) is 30.3 Å². The highest BCUT2D eigenvalue weighted by molar-refractivity contribution is 6.30. The van der Waals surface area contributed by atoms with Gasteiger partial charge in [0.2, 0.25) is 5.95 Å². The fraction of sp³-hybridized carbons (Fsp3) is 0.300. The summed E-state index contributed by atoms with van der Waals surface area (Å²) in [4.78, 5) is 31.6. The number of urea groups is 1. The molecule has 0 saturated heterocycles. The molecule has 8 nitrogen and oxygen atoms in total. The molecule has 0 atom stereocenters. The molecule has 0 saturated carbocycles. The Hall–Kier alpha value is -3.13. The highest BCUT2D eigenvalue weighted by Gasteiger charge is 2.22. The highest BCUT2D eigenvalue weighted by atomic mass is 35.5. The Balaban J connectivity index is 1.97. The van der Waals surface area contributed by atoms with Crippen molar-refractivity contribution in [3.8, 4) is 5.95 Å². The van der Waals surface area contributed by atoms with Crippen LogP contribution in [0.25, 0.3) is 5.95 Å². The van der Waals surface area contributed by atoms with Crippen molar-refractivity contribution in [2.24, 2.45) is 0 Å². The minimum absolute atomic E-state index is 0.239. The van der Waals surface area contributed by atoms with E-state index in [2.05, 4.69) is 25.7 Å². The van der Waals surface area contributed by atoms with Gasteiger partial charge in [0.05, 0.1) is 5.69 Å². The number of carbonyl (C=O) groups is 1. The summed E-state index contributed by atoms with van der Waals surface area (Å²) in [7, 11) is 0. The summed E-state index contributed by atoms with van der Waals surface area (Å²) in [6.45, 7) is 7.93. The second kappa shape index (κ2) is 8.08. The Morgan fingerprint density at radius 1 is 1.21 bits per heavy atom. The van der Waals surface area contributed by atoms with Gasteiger partial charge in [-0.05, 0) is 24.6 Å². The van der Waals surface area contributed by atoms with Crippen molar-refractivity contribution in [2.45, 2.75) is 39.5 Å². The van der Waals surface area contributed by atoms with Gasteiger partial charge in [0, 0.05) is 34.0 Å². The zero-order chi connectivity index (χ0) is 21.2. The van der Waals surface area contributed by atoms with E-state index in [4.69, 9.17) is 11.6 Å². The predicted octanol–water partition coefficient (Wildman–Crippen LogP) is 4.11. The zero-order valence-corrected chi connectivity index (χ0v) is 17.5. The normalized spacial score (nSPS) is 11.3. The molecule has 0 aliphatic heterocycles. The van der Waals surface area contributed by atoms with E-state index in [9.17, 15) is 9.59 Å². The SMILES string of the molecule is CCc1cc(=O)[nH]c(-n2nc(C(C)(C)C)cc2NC(=O)Nc2cccc(Cl)c2)n1. The number of H-pyrrole nitrogens is 1. The summed E-state index contributed by atoms with van der Waals surface area (Å²) in [5, 5.41) is 10.6. The van der Waals surface area contributed by atoms with E-state index in [-0.39, 0.29) is 16.9 Å². The first-order chi connectivity index (χ1) is 13.7. The lowest BCUT2D eigenvalue weighted by Gasteiger charge is -2.13. The van der Waals surface area contributed by atoms with Crippen LogP contribution in [-0.4, -0.2) is 25.8 Å². The van der Waals surface area contributed by atoms with Gasteiger partial charge in [-0.25, -0.2) is 9.78 Å². The number of anilines is 2. The Morgan fingerprint density at radius 3 is 2.62 bits per heavy atom. The number of aromatic nitrogens is 4. The zero-order valence-electron chi connectivity index (χ0n) is 16.7. The van der Waals surface area contributed by atoms with Crippen LogP contribution < -0.4 is 16.2 Å². The van der Waals surface area contributed by atoms with Gasteiger partial charge in [-0.15, -0.1) is 0 Å². The Labute approximate surface area is 173 Å². The van der Waals surface area contributed by atoms with Gasteiger partial charge in [0.25, 0.3) is 5.56 Å². The third-order valence-electron chi connectivity index (χ3n) is 4.15. The van der Waals surface area contributed by atoms with Gasteiger partial charge in [0.15, 0.2) is 0 Å². The molecular formula is C20H23ClN6O2. The third kappa shape index (κ3) is 5.03. The number of aromatic amines is 1. The molecule has 29 heavy (non-hydrogen) atoms. The van der Waals surface area contributed by atoms with E-state index >= 15 is 0 Å². The third-order valence-corrected chi connectivity index (χ3v) is 4.38. The molecule has 2 amide bonds. The van der Waals surface area contributed by atoms with Crippen molar-refractivity contribution in [3.63, 3.8) is 0 Å². The van der Waals surface area contributed by atoms with Crippen LogP contribution in [0.3, 0.4) is 0 Å². The van der Waals surface area contributed by atoms with Gasteiger partial charge in [0.1, 0.15) is 5.82 Å². The molecule has 0 bridgehead atoms. The van der Waals surface area contributed by atoms with E-state index < -0.39 is 6.03 Å². The number of carbonyl (C=O) groups excluding carboxylic acids is 1. The number of nitrogens with one attached hydrogen (secondary N) is 3. The first-order valence-electron chi connectivity index (χ1n) is 9.20. The van der Waals surface area contributed by atoms with Crippen molar-refractivity contribution < 1.29 is 4.79 Å². The predicted molar refractivity (Wildman–Crippen MR) is 114 cm³/mol. The van der Waals surface area contributed by atoms with Crippen LogP contribution in [0.1, 0.15) is 39.1 Å². The van der Waals surface area contributed by atoms with Crippen LogP contribution in [0.5, 0.6) is 0 Å². The molecule has 0 radical (unpaired) electrons. The summed E-state index contributed by atoms with van der Waals surface area (Å²) in [6.07, 6.45) is 0.600. The molecule has 3 rings (SSSR count). The number of rotatable bonds is 4. The topological polar surface area (TPSA) is 105 Å². The molecular weight excluding hydrogens is 392 g/mol. The van der Waals surface area contributed by atoms with Crippen molar-refractivity contribution >= 4 is 29.1 Å². The number of hydrogen-bond acceptors (Lipinski definition) is 4. The summed E-state index contributed by atoms with van der Waals surface area (Å²) >= 11 is 5.96. The van der Waals surface area contributed by atoms with E-state index in [0.717, 1.165) is 5.69 Å². The number of benzene rings is 1. The summed E-state index contributed by atoms with van der Waals surface area (Å²) in [5.74, 6) is 0.619. The summed E-state index contributed by atoms with van der Waals surface area (Å²) in [6, 6.07) is 9.56. The minimum atomic E-state index is -0.470. The van der Waals surface area contributed by atoms with Gasteiger partial charge in [-0.2, -0.15) is 9.78 Å². The fourth-order valence-corrected chi connectivity index (χ4v) is 2.81. The molecule has 2 heterocycles. The fourth-order valence-electron chi connectivity index (χ4n) is 2.62. The van der Waals surface area contributed by atoms with Crippen LogP contribution in [-0.2, 0) is 11.8 Å². The molecule has 0 aliphatic carbocycles. The largest absolute Gasteiger partial charge is 0.324 e. The lowest BCUT2D eigenvalue weighted by atomic mass is 9.92. The van der Waals surface area contributed by atoms with E-state index in [0.29, 0.717) is 28.6 Å². The second-order valence-corrected chi connectivity index (χ2v) is 8.02. The van der Waals surface area contributed by atoms with E-state index in [1.165, 1.54) is 10.7 Å². The monoisotopic (exact) mass is 414 g/mol. The molecule has 0 spiro atoms. The molecule has 3 N–H and O–H groups in total. The van der Waals surface area contributed by atoms with Crippen LogP contribution in [0.2, 0.25) is 5.02 Å². The lowest BCUT2D eigenvalue weighted by Crippen LogP contribution is -2.23. The molecule has 9 heteroatoms. The van der Waals surface area contributed by atoms with E-state index in [1.807, 2.05) is 27.7 Å². The van der Waals surface area contributed by atoms with Crippen LogP contribution in [0.4, 0.5) is 16.3 Å². The smallest absolute Gasteiger partial charge is 0.308 e. The average molecular weight is 415 g/mol. The maximum absolute atomic E-state index is 12.5. The molecule has 0 aliphatic rings. The average Bonchev–Trinajstić information content (AvgIpc) is 3.05. The molecule has 1 aromatic carbocycles. The second-order valence-electron chi connectivity index (χ2n) is 7.58. The van der Waals surface area contributed by atoms with Crippen LogP contribution in [0.15, 0.2) is 41.2 Å². The maximum Gasteiger partial charge on any atom is 0.324 e. The molecule has 0 fully saturated rings. The molecule has 0 unspecified atom stereocenters. The van der Waals surface area contributed by atoms with Gasteiger partial charge >= 0.3 is 6.03 Å². The molecule has 3 aromatic rings. The van der Waals surface area contributed by atoms with Crippen molar-refractivity contribution in [1.29, 1.82) is 0 Å². The molecule has 2 aromatic heterocycles. The van der Waals surface area contributed by atoms with Gasteiger partial charge in [-0.3, -0.25) is 15.1 Å².